The molecule has 2 rings (SSSR count). The lowest BCUT2D eigenvalue weighted by Crippen LogP contribution is -2.23. The van der Waals surface area contributed by atoms with Gasteiger partial charge in [-0.2, -0.15) is 26.3 Å². The average Bonchev–Trinajstić information content (AvgIpc) is 2.90. The molecule has 1 aromatic rings. The lowest BCUT2D eigenvalue weighted by molar-refractivity contribution is -0.143. The number of allylic oxidation sites excluding steroid dienone is 1. The molecule has 1 heterocycles. The van der Waals surface area contributed by atoms with Crippen LogP contribution in [0, 0.1) is 0 Å². The van der Waals surface area contributed by atoms with Crippen LogP contribution >= 0.6 is 0 Å². The zero-order valence-corrected chi connectivity index (χ0v) is 12.3. The number of halogens is 6. The Labute approximate surface area is 133 Å². The van der Waals surface area contributed by atoms with Crippen LogP contribution in [-0.4, -0.2) is 30.3 Å². The maximum absolute atomic E-state index is 12.8. The minimum atomic E-state index is -4.87. The molecule has 0 spiro atoms. The first-order valence-electron chi connectivity index (χ1n) is 7.01. The molecule has 3 nitrogen and oxygen atoms in total. The summed E-state index contributed by atoms with van der Waals surface area (Å²) in [5.74, 6) is 0. The number of anilines is 1. The Kier molecular flexibility index (Phi) is 5.10. The SMILES string of the molecule is O=CC=CN1CC[C@@H](Nc2cc(C(F)(F)F)cc(C(F)(F)F)c2)C1. The van der Waals surface area contributed by atoms with Crippen LogP contribution in [0.15, 0.2) is 30.5 Å². The topological polar surface area (TPSA) is 32.3 Å². The zero-order chi connectivity index (χ0) is 18.0. The van der Waals surface area contributed by atoms with Crippen molar-refractivity contribution in [3.8, 4) is 0 Å². The monoisotopic (exact) mass is 352 g/mol. The highest BCUT2D eigenvalue weighted by atomic mass is 19.4. The molecule has 0 bridgehead atoms. The van der Waals surface area contributed by atoms with Crippen LogP contribution in [0.4, 0.5) is 32.0 Å². The van der Waals surface area contributed by atoms with E-state index in [1.807, 2.05) is 0 Å². The number of benzene rings is 1. The Morgan fingerprint density at radius 2 is 1.62 bits per heavy atom. The number of aldehydes is 1. The average molecular weight is 352 g/mol. The molecule has 0 aromatic heterocycles. The van der Waals surface area contributed by atoms with E-state index in [1.165, 1.54) is 12.3 Å². The summed E-state index contributed by atoms with van der Waals surface area (Å²) in [7, 11) is 0. The molecule has 0 saturated carbocycles. The fourth-order valence-corrected chi connectivity index (χ4v) is 2.47. The molecule has 1 fully saturated rings. The van der Waals surface area contributed by atoms with Gasteiger partial charge in [0, 0.05) is 31.0 Å². The van der Waals surface area contributed by atoms with E-state index in [2.05, 4.69) is 5.32 Å². The standard InChI is InChI=1S/C15H14F6N2O/c16-14(17,18)10-6-11(15(19,20)21)8-13(7-10)22-12-2-4-23(9-12)3-1-5-24/h1,3,5-8,12,22H,2,4,9H2/t12-/m1/s1. The summed E-state index contributed by atoms with van der Waals surface area (Å²) >= 11 is 0. The summed E-state index contributed by atoms with van der Waals surface area (Å²) in [4.78, 5) is 12.0. The minimum Gasteiger partial charge on any atom is -0.380 e. The molecule has 1 saturated heterocycles. The van der Waals surface area contributed by atoms with Crippen molar-refractivity contribution in [2.24, 2.45) is 0 Å². The van der Waals surface area contributed by atoms with Crippen LogP contribution in [0.1, 0.15) is 17.5 Å². The lowest BCUT2D eigenvalue weighted by Gasteiger charge is -2.18. The Morgan fingerprint density at radius 3 is 2.12 bits per heavy atom. The van der Waals surface area contributed by atoms with Crippen molar-refractivity contribution >= 4 is 12.0 Å². The van der Waals surface area contributed by atoms with E-state index in [-0.39, 0.29) is 17.8 Å². The molecule has 0 unspecified atom stereocenters. The van der Waals surface area contributed by atoms with Gasteiger partial charge in [-0.3, -0.25) is 4.79 Å². The minimum absolute atomic E-state index is 0.0962. The Bertz CT molecular complexity index is 591. The van der Waals surface area contributed by atoms with Gasteiger partial charge in [-0.15, -0.1) is 0 Å². The van der Waals surface area contributed by atoms with E-state index in [4.69, 9.17) is 0 Å². The highest BCUT2D eigenvalue weighted by Gasteiger charge is 2.37. The van der Waals surface area contributed by atoms with Crippen molar-refractivity contribution in [2.75, 3.05) is 18.4 Å². The normalized spacial score (nSPS) is 19.1. The third-order valence-electron chi connectivity index (χ3n) is 3.55. The van der Waals surface area contributed by atoms with E-state index in [0.717, 1.165) is 0 Å². The van der Waals surface area contributed by atoms with Crippen LogP contribution in [0.5, 0.6) is 0 Å². The van der Waals surface area contributed by atoms with E-state index in [9.17, 15) is 31.1 Å². The Balaban J connectivity index is 2.21. The molecule has 9 heteroatoms. The van der Waals surface area contributed by atoms with Crippen LogP contribution in [-0.2, 0) is 17.1 Å². The van der Waals surface area contributed by atoms with Crippen molar-refractivity contribution in [3.63, 3.8) is 0 Å². The van der Waals surface area contributed by atoms with E-state index in [0.29, 0.717) is 37.9 Å². The van der Waals surface area contributed by atoms with Crippen molar-refractivity contribution < 1.29 is 31.1 Å². The van der Waals surface area contributed by atoms with Crippen molar-refractivity contribution in [1.82, 2.24) is 4.90 Å². The summed E-state index contributed by atoms with van der Waals surface area (Å²) in [6, 6.07) is 1.11. The number of nitrogens with one attached hydrogen (secondary N) is 1. The molecule has 0 amide bonds. The third kappa shape index (κ3) is 4.65. The van der Waals surface area contributed by atoms with Crippen LogP contribution < -0.4 is 5.32 Å². The van der Waals surface area contributed by atoms with Gasteiger partial charge in [0.05, 0.1) is 11.1 Å². The van der Waals surface area contributed by atoms with Crippen LogP contribution in [0.2, 0.25) is 0 Å². The number of hydrogen-bond donors (Lipinski definition) is 1. The maximum atomic E-state index is 12.8. The van der Waals surface area contributed by atoms with Crippen molar-refractivity contribution in [1.29, 1.82) is 0 Å². The zero-order valence-electron chi connectivity index (χ0n) is 12.3. The second kappa shape index (κ2) is 6.74. The smallest absolute Gasteiger partial charge is 0.380 e. The fraction of sp³-hybridized carbons (Fsp3) is 0.400. The second-order valence-electron chi connectivity index (χ2n) is 5.40. The summed E-state index contributed by atoms with van der Waals surface area (Å²) in [6.07, 6.45) is -5.82. The van der Waals surface area contributed by atoms with Crippen LogP contribution in [0.25, 0.3) is 0 Å². The largest absolute Gasteiger partial charge is 0.416 e. The number of alkyl halides is 6. The predicted octanol–water partition coefficient (Wildman–Crippen LogP) is 3.92. The van der Waals surface area contributed by atoms with Crippen molar-refractivity contribution in [3.05, 3.63) is 41.6 Å². The molecule has 1 aliphatic rings. The summed E-state index contributed by atoms with van der Waals surface area (Å²) in [5.41, 5.74) is -2.94. The molecular weight excluding hydrogens is 338 g/mol. The predicted molar refractivity (Wildman–Crippen MR) is 75.3 cm³/mol. The second-order valence-corrected chi connectivity index (χ2v) is 5.40. The summed E-state index contributed by atoms with van der Waals surface area (Å²) in [5, 5.41) is 2.71. The lowest BCUT2D eigenvalue weighted by atomic mass is 10.1. The molecule has 1 atom stereocenters. The van der Waals surface area contributed by atoms with Gasteiger partial charge in [-0.1, -0.05) is 0 Å². The number of hydrogen-bond acceptors (Lipinski definition) is 3. The van der Waals surface area contributed by atoms with Gasteiger partial charge in [0.15, 0.2) is 0 Å². The summed E-state index contributed by atoms with van der Waals surface area (Å²) < 4.78 is 76.8. The Morgan fingerprint density at radius 1 is 1.04 bits per heavy atom. The highest BCUT2D eigenvalue weighted by Crippen LogP contribution is 2.37. The molecule has 0 radical (unpaired) electrons. The first kappa shape index (κ1) is 18.2. The first-order chi connectivity index (χ1) is 11.1. The number of carbonyl (C=O) groups excluding carboxylic acids is 1. The molecule has 132 valence electrons. The van der Waals surface area contributed by atoms with Crippen LogP contribution in [0.3, 0.4) is 0 Å². The first-order valence-corrected chi connectivity index (χ1v) is 7.01. The van der Waals surface area contributed by atoms with E-state index < -0.39 is 23.5 Å². The van der Waals surface area contributed by atoms with Gasteiger partial charge in [-0.05, 0) is 30.7 Å². The molecule has 0 aliphatic carbocycles. The highest BCUT2D eigenvalue weighted by molar-refractivity contribution is 5.64. The van der Waals surface area contributed by atoms with Gasteiger partial charge >= 0.3 is 12.4 Å². The van der Waals surface area contributed by atoms with Gasteiger partial charge in [0.2, 0.25) is 0 Å². The van der Waals surface area contributed by atoms with Gasteiger partial charge < -0.3 is 10.2 Å². The fourth-order valence-electron chi connectivity index (χ4n) is 2.47. The summed E-state index contributed by atoms with van der Waals surface area (Å²) in [6.45, 7) is 0.926. The maximum Gasteiger partial charge on any atom is 0.416 e. The van der Waals surface area contributed by atoms with E-state index in [1.54, 1.807) is 4.90 Å². The number of carbonyl (C=O) groups is 1. The molecule has 1 aliphatic heterocycles. The van der Waals surface area contributed by atoms with Crippen molar-refractivity contribution in [2.45, 2.75) is 24.8 Å². The number of likely N-dealkylation sites (tertiary alicyclic amines) is 1. The third-order valence-corrected chi connectivity index (χ3v) is 3.55. The quantitative estimate of drug-likeness (QED) is 0.506. The molecule has 1 N–H and O–H groups in total. The molecular formula is C15H14F6N2O. The Hall–Kier alpha value is -2.19. The molecule has 1 aromatic carbocycles. The number of nitrogens with zero attached hydrogens (tertiary/aromatic N) is 1. The van der Waals surface area contributed by atoms with Gasteiger partial charge in [0.25, 0.3) is 0 Å². The van der Waals surface area contributed by atoms with Gasteiger partial charge in [0.1, 0.15) is 6.29 Å². The van der Waals surface area contributed by atoms with E-state index >= 15 is 0 Å². The molecule has 24 heavy (non-hydrogen) atoms. The van der Waals surface area contributed by atoms with Gasteiger partial charge in [-0.25, -0.2) is 0 Å². The number of rotatable bonds is 4.